The summed E-state index contributed by atoms with van der Waals surface area (Å²) in [6.45, 7) is 7.83. The van der Waals surface area contributed by atoms with Gasteiger partial charge in [0.25, 0.3) is 0 Å². The Morgan fingerprint density at radius 1 is 1.40 bits per heavy atom. The summed E-state index contributed by atoms with van der Waals surface area (Å²) < 4.78 is 5.22. The number of fused-ring (bicyclic) bond motifs is 2. The second kappa shape index (κ2) is 5.18. The van der Waals surface area contributed by atoms with Crippen molar-refractivity contribution in [1.29, 1.82) is 0 Å². The molecule has 1 aromatic rings. The molecule has 0 radical (unpaired) electrons. The first kappa shape index (κ1) is 13.6. The van der Waals surface area contributed by atoms with Gasteiger partial charge in [0, 0.05) is 37.8 Å². The third-order valence-electron chi connectivity index (χ3n) is 4.50. The molecule has 2 fully saturated rings. The highest BCUT2D eigenvalue weighted by atomic mass is 16.5. The summed E-state index contributed by atoms with van der Waals surface area (Å²) in [5.74, 6) is 0.756. The largest absolute Gasteiger partial charge is 0.480 e. The molecule has 0 aromatic carbocycles. The third kappa shape index (κ3) is 2.58. The normalized spacial score (nSPS) is 27.1. The molecule has 2 unspecified atom stereocenters. The number of hydrogen-bond acceptors (Lipinski definition) is 5. The lowest BCUT2D eigenvalue weighted by Gasteiger charge is -2.32. The number of aliphatic carboxylic acids is 1. The first-order chi connectivity index (χ1) is 9.52. The van der Waals surface area contributed by atoms with Gasteiger partial charge in [0.15, 0.2) is 0 Å². The minimum Gasteiger partial charge on any atom is -0.480 e. The predicted molar refractivity (Wildman–Crippen MR) is 72.4 cm³/mol. The minimum absolute atomic E-state index is 0.167. The Hall–Kier alpha value is -1.40. The van der Waals surface area contributed by atoms with Crippen LogP contribution in [0.2, 0.25) is 0 Å². The van der Waals surface area contributed by atoms with Crippen LogP contribution in [0.15, 0.2) is 4.52 Å². The minimum atomic E-state index is -0.727. The van der Waals surface area contributed by atoms with Crippen LogP contribution in [0, 0.1) is 19.8 Å². The van der Waals surface area contributed by atoms with Gasteiger partial charge < -0.3 is 9.63 Å². The van der Waals surface area contributed by atoms with E-state index in [1.165, 1.54) is 5.56 Å². The topological polar surface area (TPSA) is 69.8 Å². The number of carboxylic acid groups (broad SMARTS) is 1. The average molecular weight is 279 g/mol. The quantitative estimate of drug-likeness (QED) is 0.882. The lowest BCUT2D eigenvalue weighted by Crippen LogP contribution is -2.43. The van der Waals surface area contributed by atoms with Crippen molar-refractivity contribution in [2.45, 2.75) is 32.9 Å². The Morgan fingerprint density at radius 3 is 2.85 bits per heavy atom. The fourth-order valence-electron chi connectivity index (χ4n) is 3.60. The number of likely N-dealkylation sites (tertiary alicyclic amines) is 2. The molecule has 0 amide bonds. The van der Waals surface area contributed by atoms with Gasteiger partial charge in [-0.3, -0.25) is 14.6 Å². The molecule has 6 heteroatoms. The van der Waals surface area contributed by atoms with E-state index in [-0.39, 0.29) is 6.54 Å². The molecule has 2 saturated heterocycles. The van der Waals surface area contributed by atoms with Gasteiger partial charge in [-0.15, -0.1) is 0 Å². The van der Waals surface area contributed by atoms with E-state index >= 15 is 0 Å². The van der Waals surface area contributed by atoms with Crippen LogP contribution < -0.4 is 0 Å². The molecule has 0 aliphatic carbocycles. The maximum Gasteiger partial charge on any atom is 0.317 e. The maximum absolute atomic E-state index is 10.9. The van der Waals surface area contributed by atoms with E-state index in [4.69, 9.17) is 9.63 Å². The van der Waals surface area contributed by atoms with Gasteiger partial charge in [0.2, 0.25) is 0 Å². The monoisotopic (exact) mass is 279 g/mol. The summed E-state index contributed by atoms with van der Waals surface area (Å²) in [6, 6.07) is 0.380. The smallest absolute Gasteiger partial charge is 0.317 e. The molecule has 3 rings (SSSR count). The van der Waals surface area contributed by atoms with Gasteiger partial charge in [0.1, 0.15) is 5.76 Å². The van der Waals surface area contributed by atoms with Crippen LogP contribution in [0.3, 0.4) is 0 Å². The van der Waals surface area contributed by atoms with Crippen LogP contribution in [-0.4, -0.2) is 58.3 Å². The number of carbonyl (C=O) groups is 1. The van der Waals surface area contributed by atoms with Crippen LogP contribution in [0.25, 0.3) is 0 Å². The summed E-state index contributed by atoms with van der Waals surface area (Å²) in [5.41, 5.74) is 2.14. The van der Waals surface area contributed by atoms with Crippen LogP contribution in [-0.2, 0) is 11.3 Å². The second-order valence-corrected chi connectivity index (χ2v) is 6.08. The molecule has 2 aliphatic rings. The molecular formula is C14H21N3O3. The van der Waals surface area contributed by atoms with Gasteiger partial charge in [-0.25, -0.2) is 0 Å². The molecule has 3 heterocycles. The van der Waals surface area contributed by atoms with E-state index in [1.54, 1.807) is 0 Å². The van der Waals surface area contributed by atoms with E-state index in [1.807, 2.05) is 13.8 Å². The highest BCUT2D eigenvalue weighted by Crippen LogP contribution is 2.30. The molecular weight excluding hydrogens is 258 g/mol. The van der Waals surface area contributed by atoms with E-state index in [2.05, 4.69) is 15.0 Å². The van der Waals surface area contributed by atoms with Crippen molar-refractivity contribution in [3.63, 3.8) is 0 Å². The number of carboxylic acids is 1. The van der Waals surface area contributed by atoms with Crippen molar-refractivity contribution in [2.24, 2.45) is 5.92 Å². The molecule has 2 atom stereocenters. The molecule has 20 heavy (non-hydrogen) atoms. The zero-order valence-electron chi connectivity index (χ0n) is 12.0. The lowest BCUT2D eigenvalue weighted by molar-refractivity contribution is -0.138. The zero-order chi connectivity index (χ0) is 14.3. The molecule has 1 N–H and O–H groups in total. The Balaban J connectivity index is 1.66. The molecule has 2 aliphatic heterocycles. The third-order valence-corrected chi connectivity index (χ3v) is 4.50. The summed E-state index contributed by atoms with van der Waals surface area (Å²) in [5, 5.41) is 13.0. The summed E-state index contributed by atoms with van der Waals surface area (Å²) in [6.07, 6.45) is 1.13. The Bertz CT molecular complexity index is 494. The van der Waals surface area contributed by atoms with Crippen molar-refractivity contribution >= 4 is 5.97 Å². The van der Waals surface area contributed by atoms with E-state index in [0.29, 0.717) is 12.0 Å². The van der Waals surface area contributed by atoms with Crippen molar-refractivity contribution in [3.05, 3.63) is 17.0 Å². The molecule has 0 spiro atoms. The Kier molecular flexibility index (Phi) is 3.52. The van der Waals surface area contributed by atoms with Crippen molar-refractivity contribution in [1.82, 2.24) is 15.0 Å². The van der Waals surface area contributed by atoms with Crippen molar-refractivity contribution < 1.29 is 14.4 Å². The van der Waals surface area contributed by atoms with E-state index < -0.39 is 5.97 Å². The standard InChI is InChI=1S/C14H21N3O3/c1-9-13(10(2)20-15-9)7-16-4-11-3-12(6-16)17(5-11)8-14(18)19/h11-12H,3-8H2,1-2H3,(H,18,19). The first-order valence-electron chi connectivity index (χ1n) is 7.13. The van der Waals surface area contributed by atoms with Gasteiger partial charge >= 0.3 is 5.97 Å². The van der Waals surface area contributed by atoms with Crippen molar-refractivity contribution in [2.75, 3.05) is 26.2 Å². The number of piperidine rings is 1. The summed E-state index contributed by atoms with van der Waals surface area (Å²) >= 11 is 0. The summed E-state index contributed by atoms with van der Waals surface area (Å²) in [4.78, 5) is 15.4. The first-order valence-corrected chi connectivity index (χ1v) is 7.13. The molecule has 0 saturated carbocycles. The Labute approximate surface area is 118 Å². The van der Waals surface area contributed by atoms with Crippen LogP contribution in [0.5, 0.6) is 0 Å². The van der Waals surface area contributed by atoms with Crippen molar-refractivity contribution in [3.8, 4) is 0 Å². The average Bonchev–Trinajstić information content (AvgIpc) is 2.83. The van der Waals surface area contributed by atoms with Crippen LogP contribution >= 0.6 is 0 Å². The number of rotatable bonds is 4. The fourth-order valence-corrected chi connectivity index (χ4v) is 3.60. The predicted octanol–water partition coefficient (Wildman–Crippen LogP) is 0.882. The SMILES string of the molecule is Cc1noc(C)c1CN1CC2CC(C1)N(CC(=O)O)C2. The summed E-state index contributed by atoms with van der Waals surface area (Å²) in [7, 11) is 0. The number of hydrogen-bond donors (Lipinski definition) is 1. The number of aromatic nitrogens is 1. The molecule has 110 valence electrons. The highest BCUT2D eigenvalue weighted by Gasteiger charge is 2.39. The Morgan fingerprint density at radius 2 is 2.20 bits per heavy atom. The van der Waals surface area contributed by atoms with E-state index in [9.17, 15) is 4.79 Å². The van der Waals surface area contributed by atoms with Crippen LogP contribution in [0.4, 0.5) is 0 Å². The lowest BCUT2D eigenvalue weighted by atomic mass is 9.99. The van der Waals surface area contributed by atoms with Gasteiger partial charge in [-0.2, -0.15) is 0 Å². The second-order valence-electron chi connectivity index (χ2n) is 6.08. The maximum atomic E-state index is 10.9. The van der Waals surface area contributed by atoms with Crippen LogP contribution in [0.1, 0.15) is 23.4 Å². The molecule has 1 aromatic heterocycles. The zero-order valence-corrected chi connectivity index (χ0v) is 12.0. The number of nitrogens with zero attached hydrogens (tertiary/aromatic N) is 3. The van der Waals surface area contributed by atoms with E-state index in [0.717, 1.165) is 44.1 Å². The van der Waals surface area contributed by atoms with Gasteiger partial charge in [-0.1, -0.05) is 5.16 Å². The molecule has 6 nitrogen and oxygen atoms in total. The fraction of sp³-hybridized carbons (Fsp3) is 0.714. The highest BCUT2D eigenvalue weighted by molar-refractivity contribution is 5.69. The van der Waals surface area contributed by atoms with Gasteiger partial charge in [0.05, 0.1) is 12.2 Å². The van der Waals surface area contributed by atoms with Gasteiger partial charge in [-0.05, 0) is 26.2 Å². The molecule has 2 bridgehead atoms. The number of aryl methyl sites for hydroxylation is 2.